The maximum absolute atomic E-state index is 13.6. The highest BCUT2D eigenvalue weighted by Crippen LogP contribution is 2.31. The largest absolute Gasteiger partial charge is 0.350 e. The van der Waals surface area contributed by atoms with Crippen LogP contribution < -0.4 is 5.32 Å². The Morgan fingerprint density at radius 1 is 1.19 bits per heavy atom. The zero-order valence-electron chi connectivity index (χ0n) is 14.1. The molecule has 1 heterocycles. The van der Waals surface area contributed by atoms with Crippen LogP contribution in [0.15, 0.2) is 42.5 Å². The highest BCUT2D eigenvalue weighted by Gasteiger charge is 2.44. The third-order valence-corrected chi connectivity index (χ3v) is 4.30. The molecule has 0 radical (unpaired) electrons. The average molecular weight is 371 g/mol. The van der Waals surface area contributed by atoms with Crippen LogP contribution in [-0.4, -0.2) is 33.6 Å². The van der Waals surface area contributed by atoms with Crippen LogP contribution >= 0.6 is 0 Å². The summed E-state index contributed by atoms with van der Waals surface area (Å²) in [7, 11) is 0. The second-order valence-corrected chi connectivity index (χ2v) is 5.92. The molecule has 3 amide bonds. The first-order valence-electron chi connectivity index (χ1n) is 7.99. The van der Waals surface area contributed by atoms with Gasteiger partial charge in [0.25, 0.3) is 17.5 Å². The smallest absolute Gasteiger partial charge is 0.282 e. The molecule has 3 rings (SSSR count). The van der Waals surface area contributed by atoms with E-state index in [4.69, 9.17) is 0 Å². The van der Waals surface area contributed by atoms with Gasteiger partial charge in [-0.15, -0.1) is 0 Å². The average Bonchev–Trinajstić information content (AvgIpc) is 2.91. The highest BCUT2D eigenvalue weighted by molar-refractivity contribution is 6.24. The number of benzene rings is 2. The van der Waals surface area contributed by atoms with Gasteiger partial charge in [0, 0.05) is 18.2 Å². The number of carbonyl (C=O) groups excluding carboxylic acids is 3. The molecule has 0 saturated carbocycles. The third kappa shape index (κ3) is 3.14. The molecule has 1 aliphatic rings. The lowest BCUT2D eigenvalue weighted by atomic mass is 10.1. The van der Waals surface area contributed by atoms with Crippen molar-refractivity contribution in [2.45, 2.75) is 19.5 Å². The summed E-state index contributed by atoms with van der Waals surface area (Å²) in [6.07, 6.45) is 0. The number of halogens is 1. The molecular formula is C18H14FN3O5. The van der Waals surface area contributed by atoms with Crippen LogP contribution in [-0.2, 0) is 11.3 Å². The monoisotopic (exact) mass is 371 g/mol. The number of carbonyl (C=O) groups is 3. The van der Waals surface area contributed by atoms with Crippen LogP contribution in [0.3, 0.4) is 0 Å². The summed E-state index contributed by atoms with van der Waals surface area (Å²) in [6.45, 7) is 1.20. The maximum atomic E-state index is 13.6. The SMILES string of the molecule is CC(C(=O)NCc1ccccc1F)N1C(=O)c2cccc([N+](=O)[O-])c2C1=O. The summed E-state index contributed by atoms with van der Waals surface area (Å²) in [5.41, 5.74) is -0.701. The molecular weight excluding hydrogens is 357 g/mol. The first-order valence-corrected chi connectivity index (χ1v) is 7.99. The predicted molar refractivity (Wildman–Crippen MR) is 91.3 cm³/mol. The number of nitro benzene ring substituents is 1. The van der Waals surface area contributed by atoms with E-state index in [9.17, 15) is 28.9 Å². The maximum Gasteiger partial charge on any atom is 0.282 e. The van der Waals surface area contributed by atoms with E-state index in [1.165, 1.54) is 37.3 Å². The van der Waals surface area contributed by atoms with Crippen molar-refractivity contribution in [2.24, 2.45) is 0 Å². The van der Waals surface area contributed by atoms with Crippen molar-refractivity contribution in [3.05, 3.63) is 75.1 Å². The van der Waals surface area contributed by atoms with E-state index in [1.54, 1.807) is 6.07 Å². The molecule has 2 aromatic rings. The number of nitrogens with one attached hydrogen (secondary N) is 1. The van der Waals surface area contributed by atoms with Crippen LogP contribution in [0.1, 0.15) is 33.2 Å². The number of hydrogen-bond donors (Lipinski definition) is 1. The lowest BCUT2D eigenvalue weighted by Crippen LogP contribution is -2.47. The third-order valence-electron chi connectivity index (χ3n) is 4.30. The van der Waals surface area contributed by atoms with Crippen LogP contribution in [0.5, 0.6) is 0 Å². The molecule has 1 N–H and O–H groups in total. The van der Waals surface area contributed by atoms with E-state index in [2.05, 4.69) is 5.32 Å². The molecule has 1 aliphatic heterocycles. The minimum atomic E-state index is -1.22. The Labute approximate surface area is 152 Å². The van der Waals surface area contributed by atoms with Gasteiger partial charge in [-0.2, -0.15) is 0 Å². The fourth-order valence-corrected chi connectivity index (χ4v) is 2.88. The lowest BCUT2D eigenvalue weighted by Gasteiger charge is -2.21. The zero-order valence-corrected chi connectivity index (χ0v) is 14.1. The van der Waals surface area contributed by atoms with Crippen molar-refractivity contribution in [3.63, 3.8) is 0 Å². The van der Waals surface area contributed by atoms with E-state index in [0.29, 0.717) is 4.90 Å². The molecule has 0 bridgehead atoms. The zero-order chi connectivity index (χ0) is 19.7. The second-order valence-electron chi connectivity index (χ2n) is 5.92. The van der Waals surface area contributed by atoms with Gasteiger partial charge in [0.15, 0.2) is 0 Å². The molecule has 2 aromatic carbocycles. The Kier molecular flexibility index (Phi) is 4.68. The fourth-order valence-electron chi connectivity index (χ4n) is 2.88. The molecule has 8 nitrogen and oxygen atoms in total. The molecule has 0 aliphatic carbocycles. The Morgan fingerprint density at radius 3 is 2.56 bits per heavy atom. The standard InChI is InChI=1S/C18H14FN3O5/c1-10(16(23)20-9-11-5-2-3-7-13(11)19)21-17(24)12-6-4-8-14(22(26)27)15(12)18(21)25/h2-8,10H,9H2,1H3,(H,20,23). The number of nitro groups is 1. The normalized spacial score (nSPS) is 14.1. The Bertz CT molecular complexity index is 975. The first kappa shape index (κ1) is 18.2. The van der Waals surface area contributed by atoms with E-state index in [1.807, 2.05) is 0 Å². The van der Waals surface area contributed by atoms with E-state index < -0.39 is 40.2 Å². The van der Waals surface area contributed by atoms with Crippen molar-refractivity contribution in [2.75, 3.05) is 0 Å². The summed E-state index contributed by atoms with van der Waals surface area (Å²) in [6, 6.07) is 8.35. The minimum Gasteiger partial charge on any atom is -0.350 e. The number of hydrogen-bond acceptors (Lipinski definition) is 5. The molecule has 9 heteroatoms. The van der Waals surface area contributed by atoms with E-state index >= 15 is 0 Å². The Morgan fingerprint density at radius 2 is 1.89 bits per heavy atom. The molecule has 27 heavy (non-hydrogen) atoms. The van der Waals surface area contributed by atoms with Gasteiger partial charge in [-0.05, 0) is 19.1 Å². The fraction of sp³-hybridized carbons (Fsp3) is 0.167. The molecule has 0 aromatic heterocycles. The highest BCUT2D eigenvalue weighted by atomic mass is 19.1. The molecule has 0 saturated heterocycles. The lowest BCUT2D eigenvalue weighted by molar-refractivity contribution is -0.385. The summed E-state index contributed by atoms with van der Waals surface area (Å²) in [4.78, 5) is 48.5. The van der Waals surface area contributed by atoms with Crippen molar-refractivity contribution >= 4 is 23.4 Å². The topological polar surface area (TPSA) is 110 Å². The molecule has 138 valence electrons. The van der Waals surface area contributed by atoms with Gasteiger partial charge < -0.3 is 5.32 Å². The molecule has 1 atom stereocenters. The minimum absolute atomic E-state index is 0.122. The van der Waals surface area contributed by atoms with Crippen molar-refractivity contribution in [1.82, 2.24) is 10.2 Å². The number of imide groups is 1. The van der Waals surface area contributed by atoms with Gasteiger partial charge in [-0.3, -0.25) is 29.4 Å². The number of nitrogens with zero attached hydrogens (tertiary/aromatic N) is 2. The van der Waals surface area contributed by atoms with Gasteiger partial charge in [-0.1, -0.05) is 24.3 Å². The molecule has 1 unspecified atom stereocenters. The number of fused-ring (bicyclic) bond motifs is 1. The first-order chi connectivity index (χ1) is 12.8. The summed E-state index contributed by atoms with van der Waals surface area (Å²) >= 11 is 0. The van der Waals surface area contributed by atoms with Crippen LogP contribution in [0, 0.1) is 15.9 Å². The van der Waals surface area contributed by atoms with Gasteiger partial charge in [0.2, 0.25) is 5.91 Å². The van der Waals surface area contributed by atoms with Crippen molar-refractivity contribution in [3.8, 4) is 0 Å². The number of amides is 3. The second kappa shape index (κ2) is 6.94. The Balaban J connectivity index is 1.80. The van der Waals surface area contributed by atoms with Crippen LogP contribution in [0.4, 0.5) is 10.1 Å². The van der Waals surface area contributed by atoms with Crippen LogP contribution in [0.2, 0.25) is 0 Å². The van der Waals surface area contributed by atoms with Gasteiger partial charge >= 0.3 is 0 Å². The van der Waals surface area contributed by atoms with Crippen molar-refractivity contribution < 1.29 is 23.7 Å². The summed E-state index contributed by atoms with van der Waals surface area (Å²) in [5, 5.41) is 13.6. The van der Waals surface area contributed by atoms with Gasteiger partial charge in [-0.25, -0.2) is 4.39 Å². The van der Waals surface area contributed by atoms with E-state index in [0.717, 1.165) is 6.07 Å². The predicted octanol–water partition coefficient (Wildman–Crippen LogP) is 2.03. The van der Waals surface area contributed by atoms with Crippen LogP contribution in [0.25, 0.3) is 0 Å². The Hall–Kier alpha value is -3.62. The number of rotatable bonds is 5. The van der Waals surface area contributed by atoms with Gasteiger partial charge in [0.05, 0.1) is 10.5 Å². The summed E-state index contributed by atoms with van der Waals surface area (Å²) < 4.78 is 13.6. The van der Waals surface area contributed by atoms with E-state index in [-0.39, 0.29) is 23.2 Å². The quantitative estimate of drug-likeness (QED) is 0.491. The molecule has 0 fully saturated rings. The molecule has 0 spiro atoms. The van der Waals surface area contributed by atoms with Crippen molar-refractivity contribution in [1.29, 1.82) is 0 Å². The summed E-state index contributed by atoms with van der Waals surface area (Å²) in [5.74, 6) is -2.87. The van der Waals surface area contributed by atoms with Gasteiger partial charge in [0.1, 0.15) is 17.4 Å².